The monoisotopic (exact) mass is 301 g/mol. The molecule has 0 spiro atoms. The van der Waals surface area contributed by atoms with E-state index in [0.29, 0.717) is 12.0 Å². The van der Waals surface area contributed by atoms with Gasteiger partial charge in [0.05, 0.1) is 5.69 Å². The molecule has 2 heterocycles. The molecule has 1 N–H and O–H groups in total. The quantitative estimate of drug-likeness (QED) is 0.948. The van der Waals surface area contributed by atoms with Crippen molar-refractivity contribution in [2.24, 2.45) is 0 Å². The lowest BCUT2D eigenvalue weighted by molar-refractivity contribution is -0.117. The number of nitrogens with one attached hydrogen (secondary N) is 1. The second-order valence-corrected chi connectivity index (χ2v) is 5.79. The van der Waals surface area contributed by atoms with E-state index in [1.807, 2.05) is 25.1 Å². The topological polar surface area (TPSA) is 62.3 Å². The van der Waals surface area contributed by atoms with Crippen molar-refractivity contribution in [3.8, 4) is 0 Å². The Hall–Kier alpha value is -2.21. The van der Waals surface area contributed by atoms with Gasteiger partial charge < -0.3 is 10.2 Å². The third-order valence-electron chi connectivity index (χ3n) is 3.38. The molecule has 1 aromatic heterocycles. The van der Waals surface area contributed by atoms with Crippen LogP contribution in [0.15, 0.2) is 30.3 Å². The van der Waals surface area contributed by atoms with Gasteiger partial charge in [-0.2, -0.15) is 4.37 Å². The van der Waals surface area contributed by atoms with Crippen LogP contribution in [-0.2, 0) is 4.79 Å². The van der Waals surface area contributed by atoms with Crippen molar-refractivity contribution in [1.82, 2.24) is 4.37 Å². The molecular formula is C15H15N3O2S. The molecule has 1 fully saturated rings. The summed E-state index contributed by atoms with van der Waals surface area (Å²) >= 11 is 1.26. The highest BCUT2D eigenvalue weighted by molar-refractivity contribution is 7.10. The van der Waals surface area contributed by atoms with Gasteiger partial charge in [0, 0.05) is 24.2 Å². The molecule has 0 radical (unpaired) electrons. The van der Waals surface area contributed by atoms with Crippen LogP contribution in [0.2, 0.25) is 0 Å². The number of hydrogen-bond acceptors (Lipinski definition) is 4. The summed E-state index contributed by atoms with van der Waals surface area (Å²) in [5, 5.41) is 3.55. The van der Waals surface area contributed by atoms with Crippen LogP contribution in [0.1, 0.15) is 28.9 Å². The summed E-state index contributed by atoms with van der Waals surface area (Å²) in [5.74, 6) is -0.0229. The fourth-order valence-corrected chi connectivity index (χ4v) is 2.98. The molecule has 1 saturated heterocycles. The lowest BCUT2D eigenvalue weighted by atomic mass is 10.2. The predicted octanol–water partition coefficient (Wildman–Crippen LogP) is 2.83. The average molecular weight is 301 g/mol. The van der Waals surface area contributed by atoms with Gasteiger partial charge in [-0.3, -0.25) is 9.59 Å². The maximum Gasteiger partial charge on any atom is 0.256 e. The van der Waals surface area contributed by atoms with Crippen LogP contribution in [0.4, 0.5) is 10.7 Å². The molecule has 0 bridgehead atoms. The highest BCUT2D eigenvalue weighted by Gasteiger charge is 2.21. The van der Waals surface area contributed by atoms with Gasteiger partial charge in [-0.05, 0) is 55.2 Å². The van der Waals surface area contributed by atoms with Gasteiger partial charge in [-0.1, -0.05) is 0 Å². The number of amides is 2. The van der Waals surface area contributed by atoms with E-state index >= 15 is 0 Å². The van der Waals surface area contributed by atoms with E-state index in [1.54, 1.807) is 17.0 Å². The lowest BCUT2D eigenvalue weighted by Gasteiger charge is -2.15. The zero-order chi connectivity index (χ0) is 14.8. The molecule has 5 nitrogen and oxygen atoms in total. The Morgan fingerprint density at radius 1 is 1.33 bits per heavy atom. The van der Waals surface area contributed by atoms with Crippen LogP contribution in [-0.4, -0.2) is 22.7 Å². The van der Waals surface area contributed by atoms with Gasteiger partial charge in [0.15, 0.2) is 0 Å². The molecular weight excluding hydrogens is 286 g/mol. The summed E-state index contributed by atoms with van der Waals surface area (Å²) in [7, 11) is 0. The fraction of sp³-hybridized carbons (Fsp3) is 0.267. The molecule has 1 aromatic carbocycles. The smallest absolute Gasteiger partial charge is 0.256 e. The molecule has 0 atom stereocenters. The summed E-state index contributed by atoms with van der Waals surface area (Å²) in [4.78, 5) is 25.5. The first-order valence-electron chi connectivity index (χ1n) is 6.78. The summed E-state index contributed by atoms with van der Waals surface area (Å²) in [6, 6.07) is 8.94. The molecule has 6 heteroatoms. The minimum atomic E-state index is -0.169. The number of hydrogen-bond donors (Lipinski definition) is 1. The van der Waals surface area contributed by atoms with Crippen LogP contribution in [0, 0.1) is 6.92 Å². The number of aryl methyl sites for hydroxylation is 1. The summed E-state index contributed by atoms with van der Waals surface area (Å²) < 4.78 is 4.12. The van der Waals surface area contributed by atoms with Crippen LogP contribution >= 0.6 is 11.5 Å². The Morgan fingerprint density at radius 2 is 2.10 bits per heavy atom. The highest BCUT2D eigenvalue weighted by atomic mass is 32.1. The molecule has 0 unspecified atom stereocenters. The second kappa shape index (κ2) is 5.65. The van der Waals surface area contributed by atoms with E-state index in [0.717, 1.165) is 29.3 Å². The third kappa shape index (κ3) is 2.95. The minimum Gasteiger partial charge on any atom is -0.312 e. The van der Waals surface area contributed by atoms with Crippen molar-refractivity contribution < 1.29 is 9.59 Å². The zero-order valence-electron chi connectivity index (χ0n) is 11.6. The van der Waals surface area contributed by atoms with Crippen molar-refractivity contribution in [3.63, 3.8) is 0 Å². The first-order valence-corrected chi connectivity index (χ1v) is 7.56. The lowest BCUT2D eigenvalue weighted by Crippen LogP contribution is -2.23. The first-order chi connectivity index (χ1) is 10.1. The second-order valence-electron chi connectivity index (χ2n) is 4.98. The third-order valence-corrected chi connectivity index (χ3v) is 4.18. The van der Waals surface area contributed by atoms with Gasteiger partial charge >= 0.3 is 0 Å². The number of benzene rings is 1. The molecule has 1 aliphatic heterocycles. The van der Waals surface area contributed by atoms with E-state index in [4.69, 9.17) is 0 Å². The summed E-state index contributed by atoms with van der Waals surface area (Å²) in [6.45, 7) is 2.64. The Balaban J connectivity index is 1.71. The summed E-state index contributed by atoms with van der Waals surface area (Å²) in [5.41, 5.74) is 2.30. The summed E-state index contributed by atoms with van der Waals surface area (Å²) in [6.07, 6.45) is 1.50. The fourth-order valence-electron chi connectivity index (χ4n) is 2.32. The maximum atomic E-state index is 12.1. The molecule has 2 amide bonds. The number of aromatic nitrogens is 1. The predicted molar refractivity (Wildman–Crippen MR) is 82.8 cm³/mol. The normalized spacial score (nSPS) is 14.5. The van der Waals surface area contributed by atoms with Crippen molar-refractivity contribution in [2.45, 2.75) is 19.8 Å². The zero-order valence-corrected chi connectivity index (χ0v) is 12.4. The van der Waals surface area contributed by atoms with Gasteiger partial charge in [0.2, 0.25) is 5.91 Å². The van der Waals surface area contributed by atoms with Gasteiger partial charge in [-0.15, -0.1) is 0 Å². The highest BCUT2D eigenvalue weighted by Crippen LogP contribution is 2.22. The van der Waals surface area contributed by atoms with E-state index in [1.165, 1.54) is 11.5 Å². The van der Waals surface area contributed by atoms with Crippen LogP contribution < -0.4 is 10.2 Å². The number of carbonyl (C=O) groups excluding carboxylic acids is 2. The molecule has 108 valence electrons. The van der Waals surface area contributed by atoms with E-state index in [-0.39, 0.29) is 11.8 Å². The standard InChI is InChI=1S/C15H15N3O2S/c1-10-9-13(21-17-10)16-15(20)11-4-6-12(7-5-11)18-8-2-3-14(18)19/h4-7,9H,2-3,8H2,1H3,(H,16,20). The van der Waals surface area contributed by atoms with Crippen molar-refractivity contribution in [2.75, 3.05) is 16.8 Å². The number of anilines is 2. The largest absolute Gasteiger partial charge is 0.312 e. The van der Waals surface area contributed by atoms with Crippen molar-refractivity contribution >= 4 is 34.0 Å². The van der Waals surface area contributed by atoms with Gasteiger partial charge in [0.25, 0.3) is 5.91 Å². The van der Waals surface area contributed by atoms with Crippen LogP contribution in [0.3, 0.4) is 0 Å². The minimum absolute atomic E-state index is 0.146. The van der Waals surface area contributed by atoms with E-state index < -0.39 is 0 Å². The van der Waals surface area contributed by atoms with Gasteiger partial charge in [-0.25, -0.2) is 0 Å². The molecule has 2 aromatic rings. The van der Waals surface area contributed by atoms with Gasteiger partial charge in [0.1, 0.15) is 5.00 Å². The van der Waals surface area contributed by atoms with E-state index in [9.17, 15) is 9.59 Å². The number of nitrogens with zero attached hydrogens (tertiary/aromatic N) is 2. The Bertz CT molecular complexity index is 678. The van der Waals surface area contributed by atoms with Crippen molar-refractivity contribution in [3.05, 3.63) is 41.6 Å². The Morgan fingerprint density at radius 3 is 2.67 bits per heavy atom. The maximum absolute atomic E-state index is 12.1. The molecule has 3 rings (SSSR count). The SMILES string of the molecule is Cc1cc(NC(=O)c2ccc(N3CCCC3=O)cc2)sn1. The molecule has 1 aliphatic rings. The average Bonchev–Trinajstić information content (AvgIpc) is 3.08. The van der Waals surface area contributed by atoms with Crippen molar-refractivity contribution in [1.29, 1.82) is 0 Å². The molecule has 21 heavy (non-hydrogen) atoms. The first kappa shape index (κ1) is 13.8. The van der Waals surface area contributed by atoms with Crippen LogP contribution in [0.5, 0.6) is 0 Å². The number of carbonyl (C=O) groups is 2. The van der Waals surface area contributed by atoms with Crippen LogP contribution in [0.25, 0.3) is 0 Å². The van der Waals surface area contributed by atoms with E-state index in [2.05, 4.69) is 9.69 Å². The Kier molecular flexibility index (Phi) is 3.70. The molecule has 0 aliphatic carbocycles. The molecule has 0 saturated carbocycles. The number of rotatable bonds is 3. The Labute approximate surface area is 126 Å².